The number of aliphatic imine (C=N–C) groups is 1. The van der Waals surface area contributed by atoms with Gasteiger partial charge in [-0.3, -0.25) is 15.1 Å². The number of urea groups is 1. The number of guanidine groups is 1. The van der Waals surface area contributed by atoms with E-state index in [1.54, 1.807) is 7.05 Å². The molecule has 2 fully saturated rings. The second-order valence-electron chi connectivity index (χ2n) is 7.85. The molecular weight excluding hydrogens is 497 g/mol. The summed E-state index contributed by atoms with van der Waals surface area (Å²) in [4.78, 5) is 30.3. The average molecular weight is 525 g/mol. The van der Waals surface area contributed by atoms with Gasteiger partial charge in [0.15, 0.2) is 5.96 Å². The molecule has 9 heteroatoms. The third kappa shape index (κ3) is 4.40. The SMILES string of the molecule is CN=C(NCCc1cc2ccccc2o1)N1CCC(C2(C)NC(=O)NC2=O)CC1.I. The number of furan rings is 1. The van der Waals surface area contributed by atoms with Gasteiger partial charge in [-0.1, -0.05) is 18.2 Å². The zero-order valence-corrected chi connectivity index (χ0v) is 19.6. The van der Waals surface area contributed by atoms with Crippen LogP contribution in [-0.2, 0) is 11.2 Å². The number of likely N-dealkylation sites (tertiary alicyclic amines) is 1. The Labute approximate surface area is 192 Å². The molecule has 2 aliphatic rings. The second-order valence-corrected chi connectivity index (χ2v) is 7.85. The Hall–Kier alpha value is -2.30. The Morgan fingerprint density at radius 3 is 2.67 bits per heavy atom. The first-order valence-electron chi connectivity index (χ1n) is 10.1. The van der Waals surface area contributed by atoms with Crippen LogP contribution >= 0.6 is 24.0 Å². The predicted molar refractivity (Wildman–Crippen MR) is 126 cm³/mol. The van der Waals surface area contributed by atoms with E-state index in [0.29, 0.717) is 0 Å². The molecule has 1 atom stereocenters. The number of carbonyl (C=O) groups excluding carboxylic acids is 2. The van der Waals surface area contributed by atoms with Crippen molar-refractivity contribution in [2.75, 3.05) is 26.7 Å². The van der Waals surface area contributed by atoms with Gasteiger partial charge in [0.05, 0.1) is 0 Å². The first-order chi connectivity index (χ1) is 14.0. The van der Waals surface area contributed by atoms with Gasteiger partial charge in [-0.25, -0.2) is 4.79 Å². The monoisotopic (exact) mass is 525 g/mol. The van der Waals surface area contributed by atoms with Crippen LogP contribution in [0.2, 0.25) is 0 Å². The number of piperidine rings is 1. The maximum Gasteiger partial charge on any atom is 0.322 e. The standard InChI is InChI=1S/C21H27N5O3.HI/c1-21(18(27)24-20(28)25-21)15-8-11-26(12-9-15)19(22-2)23-10-7-16-13-14-5-3-4-6-17(14)29-16;/h3-6,13,15H,7-12H2,1-2H3,(H,22,23)(H2,24,25,27,28);1H. The number of benzene rings is 1. The second kappa shape index (κ2) is 9.23. The lowest BCUT2D eigenvalue weighted by Gasteiger charge is -2.39. The van der Waals surface area contributed by atoms with E-state index < -0.39 is 11.6 Å². The van der Waals surface area contributed by atoms with Crippen molar-refractivity contribution in [1.82, 2.24) is 20.9 Å². The molecule has 30 heavy (non-hydrogen) atoms. The molecule has 1 unspecified atom stereocenters. The molecule has 8 nitrogen and oxygen atoms in total. The lowest BCUT2D eigenvalue weighted by Crippen LogP contribution is -2.55. The summed E-state index contributed by atoms with van der Waals surface area (Å²) in [5.74, 6) is 1.68. The van der Waals surface area contributed by atoms with Crippen molar-refractivity contribution in [3.63, 3.8) is 0 Å². The van der Waals surface area contributed by atoms with E-state index in [9.17, 15) is 9.59 Å². The number of hydrogen-bond donors (Lipinski definition) is 3. The van der Waals surface area contributed by atoms with Crippen LogP contribution in [0.3, 0.4) is 0 Å². The van der Waals surface area contributed by atoms with Gasteiger partial charge in [-0.2, -0.15) is 0 Å². The van der Waals surface area contributed by atoms with E-state index in [2.05, 4.69) is 31.9 Å². The van der Waals surface area contributed by atoms with Gasteiger partial charge in [0.1, 0.15) is 16.9 Å². The Kier molecular flexibility index (Phi) is 6.89. The smallest absolute Gasteiger partial charge is 0.322 e. The lowest BCUT2D eigenvalue weighted by molar-refractivity contribution is -0.125. The van der Waals surface area contributed by atoms with Gasteiger partial charge in [0.25, 0.3) is 5.91 Å². The quantitative estimate of drug-likeness (QED) is 0.247. The summed E-state index contributed by atoms with van der Waals surface area (Å²) in [5.41, 5.74) is 0.0898. The van der Waals surface area contributed by atoms with Crippen LogP contribution in [-0.4, -0.2) is 55.0 Å². The maximum absolute atomic E-state index is 12.2. The highest BCUT2D eigenvalue weighted by atomic mass is 127. The third-order valence-electron chi connectivity index (χ3n) is 6.03. The molecule has 3 amide bonds. The van der Waals surface area contributed by atoms with Crippen LogP contribution in [0.1, 0.15) is 25.5 Å². The Morgan fingerprint density at radius 1 is 1.30 bits per heavy atom. The van der Waals surface area contributed by atoms with Crippen molar-refractivity contribution < 1.29 is 14.0 Å². The molecule has 3 N–H and O–H groups in total. The number of nitrogens with one attached hydrogen (secondary N) is 3. The number of imide groups is 1. The molecule has 2 saturated heterocycles. The minimum Gasteiger partial charge on any atom is -0.461 e. The lowest BCUT2D eigenvalue weighted by atomic mass is 9.79. The average Bonchev–Trinajstić information content (AvgIpc) is 3.25. The van der Waals surface area contributed by atoms with E-state index >= 15 is 0 Å². The van der Waals surface area contributed by atoms with Crippen LogP contribution in [0, 0.1) is 5.92 Å². The number of carbonyl (C=O) groups is 2. The fourth-order valence-electron chi connectivity index (χ4n) is 4.30. The fourth-order valence-corrected chi connectivity index (χ4v) is 4.30. The first-order valence-corrected chi connectivity index (χ1v) is 10.1. The van der Waals surface area contributed by atoms with E-state index in [1.807, 2.05) is 31.2 Å². The van der Waals surface area contributed by atoms with E-state index in [0.717, 1.165) is 61.6 Å². The van der Waals surface area contributed by atoms with E-state index in [1.165, 1.54) is 0 Å². The van der Waals surface area contributed by atoms with E-state index in [4.69, 9.17) is 4.42 Å². The van der Waals surface area contributed by atoms with Gasteiger partial charge < -0.3 is 20.0 Å². The molecule has 0 spiro atoms. The van der Waals surface area contributed by atoms with Gasteiger partial charge >= 0.3 is 6.03 Å². The number of para-hydroxylation sites is 1. The summed E-state index contributed by atoms with van der Waals surface area (Å²) in [5, 5.41) is 9.68. The molecule has 162 valence electrons. The predicted octanol–water partition coefficient (Wildman–Crippen LogP) is 2.48. The number of rotatable bonds is 4. The maximum atomic E-state index is 12.2. The molecule has 0 saturated carbocycles. The van der Waals surface area contributed by atoms with Crippen molar-refractivity contribution in [1.29, 1.82) is 0 Å². The Balaban J connectivity index is 0.00000256. The number of hydrogen-bond acceptors (Lipinski definition) is 4. The normalized spacial score (nSPS) is 22.6. The zero-order chi connectivity index (χ0) is 20.4. The summed E-state index contributed by atoms with van der Waals surface area (Å²) in [6.45, 7) is 4.11. The summed E-state index contributed by atoms with van der Waals surface area (Å²) >= 11 is 0. The zero-order valence-electron chi connectivity index (χ0n) is 17.2. The molecular formula is C21H28IN5O3. The number of nitrogens with zero attached hydrogens (tertiary/aromatic N) is 2. The molecule has 1 aromatic heterocycles. The van der Waals surface area contributed by atoms with Crippen LogP contribution in [0.4, 0.5) is 4.79 Å². The molecule has 0 bridgehead atoms. The summed E-state index contributed by atoms with van der Waals surface area (Å²) < 4.78 is 5.86. The molecule has 1 aromatic carbocycles. The fraction of sp³-hybridized carbons (Fsp3) is 0.476. The minimum absolute atomic E-state index is 0. The van der Waals surface area contributed by atoms with Crippen LogP contribution in [0.5, 0.6) is 0 Å². The Morgan fingerprint density at radius 2 is 2.03 bits per heavy atom. The van der Waals surface area contributed by atoms with Gasteiger partial charge in [-0.15, -0.1) is 24.0 Å². The van der Waals surface area contributed by atoms with Crippen LogP contribution in [0.15, 0.2) is 39.7 Å². The molecule has 0 radical (unpaired) electrons. The highest BCUT2D eigenvalue weighted by molar-refractivity contribution is 14.0. The van der Waals surface area contributed by atoms with Gasteiger partial charge in [0, 0.05) is 38.5 Å². The third-order valence-corrected chi connectivity index (χ3v) is 6.03. The summed E-state index contributed by atoms with van der Waals surface area (Å²) in [6, 6.07) is 9.68. The van der Waals surface area contributed by atoms with Crippen LogP contribution in [0.25, 0.3) is 11.0 Å². The first kappa shape index (κ1) is 22.4. The largest absolute Gasteiger partial charge is 0.461 e. The van der Waals surface area contributed by atoms with Crippen molar-refractivity contribution in [3.05, 3.63) is 36.1 Å². The highest BCUT2D eigenvalue weighted by Crippen LogP contribution is 2.30. The van der Waals surface area contributed by atoms with Gasteiger partial charge in [0.2, 0.25) is 0 Å². The number of fused-ring (bicyclic) bond motifs is 1. The van der Waals surface area contributed by atoms with Crippen molar-refractivity contribution in [2.45, 2.75) is 31.7 Å². The van der Waals surface area contributed by atoms with Crippen molar-refractivity contribution in [3.8, 4) is 0 Å². The Bertz CT molecular complexity index is 918. The molecule has 4 rings (SSSR count). The summed E-state index contributed by atoms with van der Waals surface area (Å²) in [7, 11) is 1.78. The number of halogens is 1. The molecule has 2 aromatic rings. The minimum atomic E-state index is -0.818. The van der Waals surface area contributed by atoms with Crippen molar-refractivity contribution >= 4 is 52.8 Å². The van der Waals surface area contributed by atoms with Crippen molar-refractivity contribution in [2.24, 2.45) is 10.9 Å². The van der Waals surface area contributed by atoms with Crippen LogP contribution < -0.4 is 16.0 Å². The number of amides is 3. The molecule has 0 aliphatic carbocycles. The highest BCUT2D eigenvalue weighted by Gasteiger charge is 2.48. The van der Waals surface area contributed by atoms with Gasteiger partial charge in [-0.05, 0) is 37.8 Å². The molecule has 2 aliphatic heterocycles. The van der Waals surface area contributed by atoms with E-state index in [-0.39, 0.29) is 35.8 Å². The molecule has 3 heterocycles. The summed E-state index contributed by atoms with van der Waals surface area (Å²) in [6.07, 6.45) is 2.40. The topological polar surface area (TPSA) is 99.0 Å².